The van der Waals surface area contributed by atoms with Crippen LogP contribution in [-0.4, -0.2) is 31.5 Å². The van der Waals surface area contributed by atoms with Crippen molar-refractivity contribution in [2.75, 3.05) is 13.0 Å². The van der Waals surface area contributed by atoms with E-state index < -0.39 is 6.29 Å². The molecule has 0 aromatic rings. The fraction of sp³-hybridized carbons (Fsp3) is 0.889. The minimum atomic E-state index is -0.442. The lowest BCUT2D eigenvalue weighted by Gasteiger charge is -2.13. The molecule has 1 aliphatic rings. The molecule has 0 spiro atoms. The Kier molecular flexibility index (Phi) is 6.10. The Morgan fingerprint density at radius 1 is 1.47 bits per heavy atom. The van der Waals surface area contributed by atoms with Gasteiger partial charge in [0.15, 0.2) is 6.29 Å². The molecule has 0 saturated carbocycles. The van der Waals surface area contributed by atoms with Crippen LogP contribution in [0.25, 0.3) is 0 Å². The number of esters is 1. The first-order valence-electron chi connectivity index (χ1n) is 5.01. The number of carbonyl (C=O) groups is 1. The van der Waals surface area contributed by atoms with Crippen molar-refractivity contribution in [3.8, 4) is 0 Å². The molecule has 1 heterocycles. The average molecular weight is 236 g/mol. The van der Waals surface area contributed by atoms with Crippen LogP contribution in [0.1, 0.15) is 26.7 Å². The fourth-order valence-corrected chi connectivity index (χ4v) is 1.78. The van der Waals surface area contributed by atoms with Gasteiger partial charge in [0, 0.05) is 35.2 Å². The van der Waals surface area contributed by atoms with Crippen LogP contribution < -0.4 is 0 Å². The largest absolute Gasteiger partial charge is 0.436 e. The van der Waals surface area contributed by atoms with Gasteiger partial charge < -0.3 is 18.7 Å². The van der Waals surface area contributed by atoms with Crippen LogP contribution in [-0.2, 0) is 23.5 Å². The predicted molar refractivity (Wildman–Crippen MR) is 55.6 cm³/mol. The van der Waals surface area contributed by atoms with Gasteiger partial charge in [-0.1, -0.05) is 0 Å². The summed E-state index contributed by atoms with van der Waals surface area (Å²) >= 11 is 0. The highest BCUT2D eigenvalue weighted by Gasteiger charge is 2.27. The van der Waals surface area contributed by atoms with Gasteiger partial charge in [-0.3, -0.25) is 4.79 Å². The number of rotatable bonds is 6. The van der Waals surface area contributed by atoms with E-state index in [1.54, 1.807) is 0 Å². The third kappa shape index (κ3) is 5.42. The molecule has 3 atom stereocenters. The second kappa shape index (κ2) is 7.12. The van der Waals surface area contributed by atoms with Crippen LogP contribution in [0.2, 0.25) is 0 Å². The molecule has 1 fully saturated rings. The van der Waals surface area contributed by atoms with E-state index in [0.717, 1.165) is 6.42 Å². The van der Waals surface area contributed by atoms with Gasteiger partial charge in [0.05, 0.1) is 6.35 Å². The molecule has 0 radical (unpaired) electrons. The van der Waals surface area contributed by atoms with Crippen molar-refractivity contribution in [1.29, 1.82) is 0 Å². The van der Waals surface area contributed by atoms with Gasteiger partial charge in [0.25, 0.3) is 0 Å². The number of hydrogen-bond donors (Lipinski definition) is 0. The lowest BCUT2D eigenvalue weighted by molar-refractivity contribution is -0.202. The lowest BCUT2D eigenvalue weighted by atomic mass is 10.3. The van der Waals surface area contributed by atoms with Gasteiger partial charge >= 0.3 is 5.97 Å². The summed E-state index contributed by atoms with van der Waals surface area (Å²) in [6.07, 6.45) is 1.28. The molecule has 1 rings (SSSR count). The SMILES string of the molecule is CCOPCOC1CCC(OC(C)=O)O1. The maximum Gasteiger partial charge on any atom is 0.304 e. The third-order valence-electron chi connectivity index (χ3n) is 1.81. The van der Waals surface area contributed by atoms with Crippen molar-refractivity contribution in [3.63, 3.8) is 0 Å². The highest BCUT2D eigenvalue weighted by atomic mass is 31.1. The maximum atomic E-state index is 10.6. The molecule has 5 nitrogen and oxygen atoms in total. The van der Waals surface area contributed by atoms with Crippen molar-refractivity contribution >= 4 is 14.8 Å². The molecule has 0 aliphatic carbocycles. The van der Waals surface area contributed by atoms with Gasteiger partial charge in [-0.25, -0.2) is 0 Å². The smallest absolute Gasteiger partial charge is 0.304 e. The molecular weight excluding hydrogens is 219 g/mol. The van der Waals surface area contributed by atoms with Gasteiger partial charge in [-0.2, -0.15) is 0 Å². The van der Waals surface area contributed by atoms with Crippen LogP contribution in [0.15, 0.2) is 0 Å². The fourth-order valence-electron chi connectivity index (χ4n) is 1.24. The first-order valence-corrected chi connectivity index (χ1v) is 6.13. The minimum absolute atomic E-state index is 0.262. The molecule has 88 valence electrons. The second-order valence-electron chi connectivity index (χ2n) is 3.07. The molecule has 0 aromatic carbocycles. The molecule has 3 unspecified atom stereocenters. The van der Waals surface area contributed by atoms with Crippen LogP contribution >= 0.6 is 8.81 Å². The van der Waals surface area contributed by atoms with Crippen LogP contribution in [0.5, 0.6) is 0 Å². The zero-order valence-electron chi connectivity index (χ0n) is 9.02. The van der Waals surface area contributed by atoms with E-state index in [1.807, 2.05) is 6.92 Å². The third-order valence-corrected chi connectivity index (χ3v) is 2.59. The number of carbonyl (C=O) groups excluding carboxylic acids is 1. The first kappa shape index (κ1) is 12.8. The topological polar surface area (TPSA) is 54.0 Å². The zero-order valence-corrected chi connectivity index (χ0v) is 10.0. The second-order valence-corrected chi connectivity index (χ2v) is 3.94. The van der Waals surface area contributed by atoms with E-state index in [4.69, 9.17) is 18.7 Å². The molecule has 1 aliphatic heterocycles. The molecular formula is C9H17O5P. The van der Waals surface area contributed by atoms with E-state index in [9.17, 15) is 4.79 Å². The Hall–Kier alpha value is -0.220. The molecule has 0 N–H and O–H groups in total. The van der Waals surface area contributed by atoms with E-state index in [0.29, 0.717) is 28.2 Å². The number of hydrogen-bond acceptors (Lipinski definition) is 5. The first-order chi connectivity index (χ1) is 7.22. The van der Waals surface area contributed by atoms with Gasteiger partial charge in [-0.15, -0.1) is 0 Å². The van der Waals surface area contributed by atoms with Crippen LogP contribution in [0, 0.1) is 0 Å². The molecule has 0 aromatic heterocycles. The predicted octanol–water partition coefficient (Wildman–Crippen LogP) is 1.62. The molecule has 0 amide bonds. The van der Waals surface area contributed by atoms with Crippen molar-refractivity contribution in [2.24, 2.45) is 0 Å². The summed E-state index contributed by atoms with van der Waals surface area (Å²) in [6, 6.07) is 0. The van der Waals surface area contributed by atoms with E-state index in [1.165, 1.54) is 6.92 Å². The van der Waals surface area contributed by atoms with E-state index in [-0.39, 0.29) is 12.3 Å². The molecule has 0 bridgehead atoms. The Bertz CT molecular complexity index is 199. The lowest BCUT2D eigenvalue weighted by Crippen LogP contribution is -2.18. The normalized spacial score (nSPS) is 26.3. The van der Waals surface area contributed by atoms with Crippen molar-refractivity contribution in [3.05, 3.63) is 0 Å². The standard InChI is InChI=1S/C9H17O5P/c1-3-12-15-6-11-8-4-5-9(14-8)13-7(2)10/h8-9,15H,3-6H2,1-2H3. The Morgan fingerprint density at radius 3 is 2.87 bits per heavy atom. The van der Waals surface area contributed by atoms with E-state index >= 15 is 0 Å². The summed E-state index contributed by atoms with van der Waals surface area (Å²) in [6.45, 7) is 4.01. The highest BCUT2D eigenvalue weighted by Crippen LogP contribution is 2.23. The van der Waals surface area contributed by atoms with Crippen molar-refractivity contribution in [1.82, 2.24) is 0 Å². The Balaban J connectivity index is 2.05. The Labute approximate surface area is 91.3 Å². The summed E-state index contributed by atoms with van der Waals surface area (Å²) in [4.78, 5) is 10.6. The molecule has 1 saturated heterocycles. The van der Waals surface area contributed by atoms with Crippen LogP contribution in [0.4, 0.5) is 0 Å². The van der Waals surface area contributed by atoms with Crippen LogP contribution in [0.3, 0.4) is 0 Å². The van der Waals surface area contributed by atoms with Crippen molar-refractivity contribution in [2.45, 2.75) is 39.3 Å². The summed E-state index contributed by atoms with van der Waals surface area (Å²) in [5.74, 6) is -0.322. The number of ether oxygens (including phenoxy) is 3. The highest BCUT2D eigenvalue weighted by molar-refractivity contribution is 7.31. The van der Waals surface area contributed by atoms with Crippen molar-refractivity contribution < 1.29 is 23.5 Å². The monoisotopic (exact) mass is 236 g/mol. The van der Waals surface area contributed by atoms with E-state index in [2.05, 4.69) is 0 Å². The average Bonchev–Trinajstić information content (AvgIpc) is 2.59. The van der Waals surface area contributed by atoms with Gasteiger partial charge in [-0.05, 0) is 6.92 Å². The maximum absolute atomic E-state index is 10.6. The zero-order chi connectivity index (χ0) is 11.1. The quantitative estimate of drug-likeness (QED) is 0.398. The summed E-state index contributed by atoms with van der Waals surface area (Å²) in [7, 11) is 0.337. The molecule has 6 heteroatoms. The summed E-state index contributed by atoms with van der Waals surface area (Å²) in [5.41, 5.74) is 0. The Morgan fingerprint density at radius 2 is 2.20 bits per heavy atom. The summed E-state index contributed by atoms with van der Waals surface area (Å²) in [5, 5.41) is 0. The van der Waals surface area contributed by atoms with Gasteiger partial charge in [0.2, 0.25) is 6.29 Å². The molecule has 15 heavy (non-hydrogen) atoms. The summed E-state index contributed by atoms with van der Waals surface area (Å²) < 4.78 is 20.8. The van der Waals surface area contributed by atoms with Gasteiger partial charge in [0.1, 0.15) is 0 Å². The minimum Gasteiger partial charge on any atom is -0.436 e.